The maximum Gasteiger partial charge on any atom is 0.455 e. The average molecular weight is 200 g/mol. The highest BCUT2D eigenvalue weighted by molar-refractivity contribution is 6.43. The fourth-order valence-electron chi connectivity index (χ4n) is 2.06. The van der Waals surface area contributed by atoms with Crippen molar-refractivity contribution in [2.24, 2.45) is 5.92 Å². The lowest BCUT2D eigenvalue weighted by Gasteiger charge is -2.28. The largest absolute Gasteiger partial charge is 0.466 e. The van der Waals surface area contributed by atoms with Crippen LogP contribution < -0.4 is 0 Å². The summed E-state index contributed by atoms with van der Waals surface area (Å²) in [5.74, 6) is -0.961. The summed E-state index contributed by atoms with van der Waals surface area (Å²) < 4.78 is 4.90. The van der Waals surface area contributed by atoms with Crippen LogP contribution in [0.2, 0.25) is 5.82 Å². The number of hydrogen-bond acceptors (Lipinski definition) is 4. The molecule has 0 saturated heterocycles. The lowest BCUT2D eigenvalue weighted by Crippen LogP contribution is -2.34. The van der Waals surface area contributed by atoms with Gasteiger partial charge in [0.25, 0.3) is 0 Å². The summed E-state index contributed by atoms with van der Waals surface area (Å²) >= 11 is 0. The summed E-state index contributed by atoms with van der Waals surface area (Å²) in [6.45, 7) is 2.11. The topological polar surface area (TPSA) is 66.8 Å². The summed E-state index contributed by atoms with van der Waals surface area (Å²) in [4.78, 5) is 11.5. The van der Waals surface area contributed by atoms with E-state index in [-0.39, 0.29) is 17.7 Å². The molecule has 0 aromatic carbocycles. The monoisotopic (exact) mass is 200 g/mol. The van der Waals surface area contributed by atoms with E-state index in [4.69, 9.17) is 14.8 Å². The summed E-state index contributed by atoms with van der Waals surface area (Å²) in [5, 5.41) is 18.2. The van der Waals surface area contributed by atoms with Crippen molar-refractivity contribution < 1.29 is 19.6 Å². The molecule has 0 aliphatic heterocycles. The van der Waals surface area contributed by atoms with E-state index in [0.717, 1.165) is 12.8 Å². The molecule has 0 spiro atoms. The zero-order chi connectivity index (χ0) is 10.6. The maximum atomic E-state index is 11.5. The van der Waals surface area contributed by atoms with Crippen molar-refractivity contribution >= 4 is 13.1 Å². The van der Waals surface area contributed by atoms with E-state index in [1.165, 1.54) is 0 Å². The molecule has 2 N–H and O–H groups in total. The SMILES string of the molecule is CCOC(=O)C1CCCCC1B(O)O. The Bertz CT molecular complexity index is 195. The number of carbonyl (C=O) groups excluding carboxylic acids is 1. The van der Waals surface area contributed by atoms with Gasteiger partial charge in [0.2, 0.25) is 0 Å². The molecule has 4 nitrogen and oxygen atoms in total. The fraction of sp³-hybridized carbons (Fsp3) is 0.889. The summed E-state index contributed by atoms with van der Waals surface area (Å²) in [7, 11) is -1.40. The fourth-order valence-corrected chi connectivity index (χ4v) is 2.06. The highest BCUT2D eigenvalue weighted by atomic mass is 16.5. The van der Waals surface area contributed by atoms with Gasteiger partial charge in [-0.15, -0.1) is 0 Å². The van der Waals surface area contributed by atoms with Crippen molar-refractivity contribution in [3.8, 4) is 0 Å². The lowest BCUT2D eigenvalue weighted by molar-refractivity contribution is -0.149. The number of ether oxygens (including phenoxy) is 1. The molecule has 1 fully saturated rings. The first kappa shape index (κ1) is 11.5. The Balaban J connectivity index is 2.57. The predicted molar refractivity (Wildman–Crippen MR) is 52.5 cm³/mol. The van der Waals surface area contributed by atoms with Crippen LogP contribution in [-0.4, -0.2) is 29.7 Å². The summed E-state index contributed by atoms with van der Waals surface area (Å²) in [5.41, 5.74) is 0. The maximum absolute atomic E-state index is 11.5. The highest BCUT2D eigenvalue weighted by Gasteiger charge is 2.38. The van der Waals surface area contributed by atoms with Gasteiger partial charge in [-0.05, 0) is 13.3 Å². The van der Waals surface area contributed by atoms with Crippen LogP contribution in [0.3, 0.4) is 0 Å². The smallest absolute Gasteiger partial charge is 0.455 e. The van der Waals surface area contributed by atoms with E-state index in [2.05, 4.69) is 0 Å². The Morgan fingerprint density at radius 2 is 2.07 bits per heavy atom. The predicted octanol–water partition coefficient (Wildman–Crippen LogP) is 0.583. The first-order chi connectivity index (χ1) is 6.66. The molecule has 14 heavy (non-hydrogen) atoms. The van der Waals surface area contributed by atoms with Gasteiger partial charge in [0.05, 0.1) is 12.5 Å². The number of hydrogen-bond donors (Lipinski definition) is 2. The second-order valence-electron chi connectivity index (χ2n) is 3.72. The van der Waals surface area contributed by atoms with Crippen molar-refractivity contribution in [1.29, 1.82) is 0 Å². The molecule has 2 atom stereocenters. The van der Waals surface area contributed by atoms with Crippen molar-refractivity contribution in [2.45, 2.75) is 38.4 Å². The number of carbonyl (C=O) groups is 1. The molecule has 1 rings (SSSR count). The standard InChI is InChI=1S/C9H17BO4/c1-2-14-9(11)7-5-3-4-6-8(7)10(12)13/h7-8,12-13H,2-6H2,1H3. The number of rotatable bonds is 3. The van der Waals surface area contributed by atoms with Crippen LogP contribution in [-0.2, 0) is 9.53 Å². The minimum Gasteiger partial charge on any atom is -0.466 e. The molecule has 0 radical (unpaired) electrons. The molecule has 0 bridgehead atoms. The van der Waals surface area contributed by atoms with Crippen molar-refractivity contribution in [2.75, 3.05) is 6.61 Å². The van der Waals surface area contributed by atoms with Crippen LogP contribution in [0.15, 0.2) is 0 Å². The van der Waals surface area contributed by atoms with Crippen molar-refractivity contribution in [3.63, 3.8) is 0 Å². The minimum atomic E-state index is -1.40. The van der Waals surface area contributed by atoms with Gasteiger partial charge in [-0.1, -0.05) is 19.3 Å². The second-order valence-corrected chi connectivity index (χ2v) is 3.72. The molecular formula is C9H17BO4. The van der Waals surface area contributed by atoms with Crippen LogP contribution in [0.25, 0.3) is 0 Å². The highest BCUT2D eigenvalue weighted by Crippen LogP contribution is 2.36. The zero-order valence-corrected chi connectivity index (χ0v) is 8.48. The second kappa shape index (κ2) is 5.36. The van der Waals surface area contributed by atoms with E-state index in [9.17, 15) is 4.79 Å². The minimum absolute atomic E-state index is 0.287. The third-order valence-electron chi connectivity index (χ3n) is 2.79. The molecule has 5 heteroatoms. The van der Waals surface area contributed by atoms with Crippen LogP contribution in [0, 0.1) is 5.92 Å². The zero-order valence-electron chi connectivity index (χ0n) is 8.48. The first-order valence-electron chi connectivity index (χ1n) is 5.19. The molecule has 0 aromatic rings. The van der Waals surface area contributed by atoms with Crippen LogP contribution in [0.4, 0.5) is 0 Å². The van der Waals surface area contributed by atoms with Crippen LogP contribution >= 0.6 is 0 Å². The molecular weight excluding hydrogens is 183 g/mol. The van der Waals surface area contributed by atoms with Crippen LogP contribution in [0.1, 0.15) is 32.6 Å². The van der Waals surface area contributed by atoms with Gasteiger partial charge < -0.3 is 14.8 Å². The summed E-state index contributed by atoms with van der Waals surface area (Å²) in [6, 6.07) is 0. The van der Waals surface area contributed by atoms with E-state index >= 15 is 0 Å². The summed E-state index contributed by atoms with van der Waals surface area (Å²) in [6.07, 6.45) is 3.33. The Labute approximate surface area is 84.4 Å². The van der Waals surface area contributed by atoms with Gasteiger partial charge >= 0.3 is 13.1 Å². The normalized spacial score (nSPS) is 27.1. The van der Waals surface area contributed by atoms with Crippen molar-refractivity contribution in [1.82, 2.24) is 0 Å². The molecule has 0 aromatic heterocycles. The van der Waals surface area contributed by atoms with Gasteiger partial charge in [0.15, 0.2) is 0 Å². The Morgan fingerprint density at radius 1 is 1.43 bits per heavy atom. The lowest BCUT2D eigenvalue weighted by atomic mass is 9.60. The quantitative estimate of drug-likeness (QED) is 0.516. The first-order valence-corrected chi connectivity index (χ1v) is 5.19. The third-order valence-corrected chi connectivity index (χ3v) is 2.79. The van der Waals surface area contributed by atoms with E-state index in [0.29, 0.717) is 19.4 Å². The molecule has 1 aliphatic carbocycles. The number of esters is 1. The van der Waals surface area contributed by atoms with E-state index in [1.54, 1.807) is 6.92 Å². The molecule has 0 heterocycles. The molecule has 80 valence electrons. The Hall–Kier alpha value is -0.545. The van der Waals surface area contributed by atoms with Gasteiger partial charge in [-0.3, -0.25) is 4.79 Å². The van der Waals surface area contributed by atoms with Gasteiger partial charge in [0, 0.05) is 5.82 Å². The molecule has 0 amide bonds. The van der Waals surface area contributed by atoms with Gasteiger partial charge in [0.1, 0.15) is 0 Å². The van der Waals surface area contributed by atoms with Gasteiger partial charge in [-0.2, -0.15) is 0 Å². The molecule has 2 unspecified atom stereocenters. The average Bonchev–Trinajstić information content (AvgIpc) is 2.18. The molecule has 1 saturated carbocycles. The Kier molecular flexibility index (Phi) is 4.42. The van der Waals surface area contributed by atoms with E-state index < -0.39 is 7.12 Å². The van der Waals surface area contributed by atoms with Crippen molar-refractivity contribution in [3.05, 3.63) is 0 Å². The van der Waals surface area contributed by atoms with E-state index in [1.807, 2.05) is 0 Å². The third kappa shape index (κ3) is 2.72. The van der Waals surface area contributed by atoms with Gasteiger partial charge in [-0.25, -0.2) is 0 Å². The Morgan fingerprint density at radius 3 is 2.64 bits per heavy atom. The van der Waals surface area contributed by atoms with Crippen LogP contribution in [0.5, 0.6) is 0 Å². The molecule has 1 aliphatic rings.